The molecule has 2 rings (SSSR count). The molecule has 1 aromatic heterocycles. The lowest BCUT2D eigenvalue weighted by Gasteiger charge is -2.10. The van der Waals surface area contributed by atoms with Crippen molar-refractivity contribution in [1.29, 1.82) is 0 Å². The first-order chi connectivity index (χ1) is 9.56. The van der Waals surface area contributed by atoms with Gasteiger partial charge in [0.1, 0.15) is 11.4 Å². The van der Waals surface area contributed by atoms with Gasteiger partial charge in [-0.05, 0) is 24.6 Å². The highest BCUT2D eigenvalue weighted by molar-refractivity contribution is 5.32. The molecule has 1 aromatic carbocycles. The number of aryl methyl sites for hydroxylation is 1. The summed E-state index contributed by atoms with van der Waals surface area (Å²) in [6.45, 7) is 2.47. The zero-order chi connectivity index (χ0) is 14.7. The summed E-state index contributed by atoms with van der Waals surface area (Å²) in [6.07, 6.45) is 1.38. The van der Waals surface area contributed by atoms with Gasteiger partial charge in [0.25, 0.3) is 5.56 Å². The van der Waals surface area contributed by atoms with Crippen LogP contribution in [0.4, 0.5) is 5.69 Å². The molecule has 0 atom stereocenters. The third kappa shape index (κ3) is 2.59. The van der Waals surface area contributed by atoms with Crippen LogP contribution in [0.1, 0.15) is 12.5 Å². The van der Waals surface area contributed by atoms with Crippen LogP contribution in [-0.2, 0) is 13.1 Å². The van der Waals surface area contributed by atoms with Crippen molar-refractivity contribution in [2.45, 2.75) is 20.0 Å². The van der Waals surface area contributed by atoms with Crippen LogP contribution in [0, 0.1) is 0 Å². The van der Waals surface area contributed by atoms with Crippen molar-refractivity contribution < 1.29 is 4.74 Å². The van der Waals surface area contributed by atoms with Gasteiger partial charge in [-0.15, -0.1) is 0 Å². The van der Waals surface area contributed by atoms with Crippen LogP contribution in [0.25, 0.3) is 0 Å². The molecule has 6 nitrogen and oxygen atoms in total. The second-order valence-electron chi connectivity index (χ2n) is 4.39. The number of anilines is 1. The Hall–Kier alpha value is -2.50. The number of rotatable bonds is 4. The van der Waals surface area contributed by atoms with Gasteiger partial charge in [0.2, 0.25) is 0 Å². The average molecular weight is 275 g/mol. The Balaban J connectivity index is 2.44. The number of benzene rings is 1. The summed E-state index contributed by atoms with van der Waals surface area (Å²) >= 11 is 0. The summed E-state index contributed by atoms with van der Waals surface area (Å²) in [6, 6.07) is 7.18. The molecular weight excluding hydrogens is 258 g/mol. The van der Waals surface area contributed by atoms with Crippen molar-refractivity contribution in [2.24, 2.45) is 0 Å². The van der Waals surface area contributed by atoms with Gasteiger partial charge >= 0.3 is 5.69 Å². The van der Waals surface area contributed by atoms with E-state index in [2.05, 4.69) is 0 Å². The van der Waals surface area contributed by atoms with E-state index in [0.717, 1.165) is 15.9 Å². The first-order valence-corrected chi connectivity index (χ1v) is 6.29. The van der Waals surface area contributed by atoms with Crippen LogP contribution in [0.15, 0.2) is 40.1 Å². The molecule has 0 saturated carbocycles. The van der Waals surface area contributed by atoms with Crippen LogP contribution < -0.4 is 21.7 Å². The Kier molecular flexibility index (Phi) is 3.93. The monoisotopic (exact) mass is 275 g/mol. The largest absolute Gasteiger partial charge is 0.497 e. The van der Waals surface area contributed by atoms with E-state index in [1.807, 2.05) is 19.1 Å². The van der Waals surface area contributed by atoms with E-state index in [1.54, 1.807) is 19.2 Å². The second-order valence-corrected chi connectivity index (χ2v) is 4.39. The van der Waals surface area contributed by atoms with Gasteiger partial charge in [-0.1, -0.05) is 12.1 Å². The van der Waals surface area contributed by atoms with Crippen molar-refractivity contribution in [1.82, 2.24) is 9.13 Å². The molecule has 2 aromatic rings. The maximum Gasteiger partial charge on any atom is 0.331 e. The molecule has 0 amide bonds. The Morgan fingerprint density at radius 3 is 2.40 bits per heavy atom. The number of nitrogens with two attached hydrogens (primary N) is 1. The van der Waals surface area contributed by atoms with Crippen molar-refractivity contribution in [3.8, 4) is 5.75 Å². The molecule has 0 aliphatic rings. The minimum absolute atomic E-state index is 0.0694. The number of aromatic nitrogens is 2. The number of hydrogen-bond donors (Lipinski definition) is 1. The predicted molar refractivity (Wildman–Crippen MR) is 77.1 cm³/mol. The smallest absolute Gasteiger partial charge is 0.331 e. The molecule has 2 N–H and O–H groups in total. The summed E-state index contributed by atoms with van der Waals surface area (Å²) in [4.78, 5) is 24.1. The van der Waals surface area contributed by atoms with Gasteiger partial charge in [0.05, 0.1) is 13.7 Å². The molecule has 0 aliphatic carbocycles. The van der Waals surface area contributed by atoms with E-state index in [4.69, 9.17) is 10.5 Å². The summed E-state index contributed by atoms with van der Waals surface area (Å²) in [5.74, 6) is 0.722. The minimum Gasteiger partial charge on any atom is -0.497 e. The first kappa shape index (κ1) is 13.9. The van der Waals surface area contributed by atoms with E-state index in [-0.39, 0.29) is 17.9 Å². The van der Waals surface area contributed by atoms with Gasteiger partial charge in [-0.2, -0.15) is 0 Å². The van der Waals surface area contributed by atoms with Crippen molar-refractivity contribution in [2.75, 3.05) is 12.8 Å². The average Bonchev–Trinajstić information content (AvgIpc) is 2.48. The standard InChI is InChI=1S/C14H17N3O3/c1-3-16-9-12(15)13(18)17(14(16)19)8-10-4-6-11(20-2)7-5-10/h4-7,9H,3,8,15H2,1-2H3. The Morgan fingerprint density at radius 2 is 1.85 bits per heavy atom. The van der Waals surface area contributed by atoms with Crippen LogP contribution in [0.2, 0.25) is 0 Å². The number of hydrogen-bond acceptors (Lipinski definition) is 4. The van der Waals surface area contributed by atoms with E-state index >= 15 is 0 Å². The number of nitrogen functional groups attached to an aromatic ring is 1. The Morgan fingerprint density at radius 1 is 1.20 bits per heavy atom. The zero-order valence-corrected chi connectivity index (χ0v) is 11.5. The fourth-order valence-electron chi connectivity index (χ4n) is 1.96. The van der Waals surface area contributed by atoms with Gasteiger partial charge in [0.15, 0.2) is 0 Å². The maximum absolute atomic E-state index is 12.1. The zero-order valence-electron chi connectivity index (χ0n) is 11.5. The van der Waals surface area contributed by atoms with Crippen molar-refractivity contribution in [3.63, 3.8) is 0 Å². The fourth-order valence-corrected chi connectivity index (χ4v) is 1.96. The predicted octanol–water partition coefficient (Wildman–Crippen LogP) is 0.669. The third-order valence-corrected chi connectivity index (χ3v) is 3.10. The van der Waals surface area contributed by atoms with Gasteiger partial charge in [0, 0.05) is 12.7 Å². The lowest BCUT2D eigenvalue weighted by molar-refractivity contribution is 0.414. The molecule has 0 fully saturated rings. The van der Waals surface area contributed by atoms with E-state index in [0.29, 0.717) is 6.54 Å². The SMILES string of the molecule is CCn1cc(N)c(=O)n(Cc2ccc(OC)cc2)c1=O. The van der Waals surface area contributed by atoms with Gasteiger partial charge in [-0.3, -0.25) is 13.9 Å². The normalized spacial score (nSPS) is 10.5. The quantitative estimate of drug-likeness (QED) is 0.889. The molecule has 0 radical (unpaired) electrons. The molecule has 0 unspecified atom stereocenters. The van der Waals surface area contributed by atoms with Crippen LogP contribution in [-0.4, -0.2) is 16.2 Å². The van der Waals surface area contributed by atoms with E-state index in [1.165, 1.54) is 10.8 Å². The van der Waals surface area contributed by atoms with Gasteiger partial charge in [-0.25, -0.2) is 4.79 Å². The molecule has 6 heteroatoms. The van der Waals surface area contributed by atoms with E-state index < -0.39 is 5.56 Å². The second kappa shape index (κ2) is 5.64. The Labute approximate surface area is 116 Å². The summed E-state index contributed by atoms with van der Waals surface area (Å²) < 4.78 is 7.62. The highest BCUT2D eigenvalue weighted by atomic mass is 16.5. The molecule has 0 saturated heterocycles. The van der Waals surface area contributed by atoms with E-state index in [9.17, 15) is 9.59 Å². The number of nitrogens with zero attached hydrogens (tertiary/aromatic N) is 2. The van der Waals surface area contributed by atoms with Crippen molar-refractivity contribution >= 4 is 5.69 Å². The molecule has 1 heterocycles. The number of ether oxygens (including phenoxy) is 1. The Bertz CT molecular complexity index is 714. The summed E-state index contributed by atoms with van der Waals surface area (Å²) in [5, 5.41) is 0. The molecule has 106 valence electrons. The summed E-state index contributed by atoms with van der Waals surface area (Å²) in [5.41, 5.74) is 5.73. The maximum atomic E-state index is 12.1. The topological polar surface area (TPSA) is 79.2 Å². The minimum atomic E-state index is -0.462. The summed E-state index contributed by atoms with van der Waals surface area (Å²) in [7, 11) is 1.58. The molecule has 0 bridgehead atoms. The van der Waals surface area contributed by atoms with Crippen LogP contribution >= 0.6 is 0 Å². The first-order valence-electron chi connectivity index (χ1n) is 6.29. The van der Waals surface area contributed by atoms with Crippen LogP contribution in [0.3, 0.4) is 0 Å². The number of methoxy groups -OCH3 is 1. The lowest BCUT2D eigenvalue weighted by Crippen LogP contribution is -2.40. The molecule has 0 aliphatic heterocycles. The molecular formula is C14H17N3O3. The van der Waals surface area contributed by atoms with Crippen molar-refractivity contribution in [3.05, 3.63) is 56.9 Å². The molecule has 20 heavy (non-hydrogen) atoms. The highest BCUT2D eigenvalue weighted by Gasteiger charge is 2.09. The fraction of sp³-hybridized carbons (Fsp3) is 0.286. The van der Waals surface area contributed by atoms with Gasteiger partial charge < -0.3 is 10.5 Å². The lowest BCUT2D eigenvalue weighted by atomic mass is 10.2. The van der Waals surface area contributed by atoms with Crippen LogP contribution in [0.5, 0.6) is 5.75 Å². The highest BCUT2D eigenvalue weighted by Crippen LogP contribution is 2.11. The molecule has 0 spiro atoms. The third-order valence-electron chi connectivity index (χ3n) is 3.10.